The molecule has 0 spiro atoms. The molecule has 2 heterocycles. The van der Waals surface area contributed by atoms with Crippen molar-refractivity contribution in [2.24, 2.45) is 0 Å². The van der Waals surface area contributed by atoms with Crippen LogP contribution in [0, 0.1) is 6.92 Å². The van der Waals surface area contributed by atoms with Crippen LogP contribution in [-0.4, -0.2) is 35.1 Å². The maximum Gasteiger partial charge on any atom is 0.414 e. The van der Waals surface area contributed by atoms with Crippen molar-refractivity contribution < 1.29 is 9.53 Å². The van der Waals surface area contributed by atoms with Gasteiger partial charge in [-0.05, 0) is 25.1 Å². The van der Waals surface area contributed by atoms with Gasteiger partial charge in [0, 0.05) is 37.1 Å². The predicted octanol–water partition coefficient (Wildman–Crippen LogP) is 3.08. The number of amides is 1. The molecule has 1 aromatic carbocycles. The normalized spacial score (nSPS) is 10.9. The van der Waals surface area contributed by atoms with Gasteiger partial charge in [0.1, 0.15) is 5.75 Å². The van der Waals surface area contributed by atoms with E-state index >= 15 is 0 Å². The van der Waals surface area contributed by atoms with Crippen LogP contribution in [0.1, 0.15) is 5.69 Å². The van der Waals surface area contributed by atoms with Crippen molar-refractivity contribution in [1.82, 2.24) is 14.9 Å². The number of carbonyl (C=O) groups is 1. The van der Waals surface area contributed by atoms with Crippen LogP contribution in [0.4, 0.5) is 4.79 Å². The van der Waals surface area contributed by atoms with Crippen LogP contribution in [0.15, 0.2) is 30.5 Å². The number of aromatic amines is 1. The number of ether oxygens (including phenoxy) is 1. The SMILES string of the molecule is Cc1nccc2c1[nH]c1cc(OC(=O)N(C)C)ccc12. The van der Waals surface area contributed by atoms with E-state index in [1.54, 1.807) is 26.4 Å². The van der Waals surface area contributed by atoms with Gasteiger partial charge in [-0.1, -0.05) is 0 Å². The lowest BCUT2D eigenvalue weighted by Crippen LogP contribution is -2.25. The number of H-pyrrole nitrogens is 1. The Morgan fingerprint density at radius 1 is 1.25 bits per heavy atom. The van der Waals surface area contributed by atoms with E-state index in [4.69, 9.17) is 4.74 Å². The fourth-order valence-corrected chi connectivity index (χ4v) is 2.20. The van der Waals surface area contributed by atoms with E-state index in [-0.39, 0.29) is 0 Å². The van der Waals surface area contributed by atoms with Crippen molar-refractivity contribution in [3.8, 4) is 5.75 Å². The largest absolute Gasteiger partial charge is 0.414 e. The number of nitrogens with zero attached hydrogens (tertiary/aromatic N) is 2. The topological polar surface area (TPSA) is 58.2 Å². The van der Waals surface area contributed by atoms with E-state index in [1.165, 1.54) is 4.90 Å². The maximum atomic E-state index is 11.6. The number of rotatable bonds is 1. The lowest BCUT2D eigenvalue weighted by atomic mass is 10.1. The summed E-state index contributed by atoms with van der Waals surface area (Å²) in [5, 5.41) is 2.22. The Balaban J connectivity index is 2.10. The fourth-order valence-electron chi connectivity index (χ4n) is 2.20. The Kier molecular flexibility index (Phi) is 2.82. The molecule has 3 rings (SSSR count). The third kappa shape index (κ3) is 1.97. The van der Waals surface area contributed by atoms with Crippen LogP contribution < -0.4 is 4.74 Å². The number of fused-ring (bicyclic) bond motifs is 3. The summed E-state index contributed by atoms with van der Waals surface area (Å²) in [7, 11) is 3.30. The van der Waals surface area contributed by atoms with Gasteiger partial charge < -0.3 is 14.6 Å². The molecule has 0 bridgehead atoms. The van der Waals surface area contributed by atoms with Gasteiger partial charge >= 0.3 is 6.09 Å². The first-order valence-electron chi connectivity index (χ1n) is 6.32. The molecule has 5 nitrogen and oxygen atoms in total. The zero-order valence-electron chi connectivity index (χ0n) is 11.6. The van der Waals surface area contributed by atoms with E-state index < -0.39 is 6.09 Å². The van der Waals surface area contributed by atoms with E-state index in [1.807, 2.05) is 25.1 Å². The van der Waals surface area contributed by atoms with Gasteiger partial charge in [-0.15, -0.1) is 0 Å². The zero-order valence-corrected chi connectivity index (χ0v) is 11.6. The highest BCUT2D eigenvalue weighted by molar-refractivity contribution is 6.08. The number of hydrogen-bond acceptors (Lipinski definition) is 3. The molecule has 102 valence electrons. The number of aromatic nitrogens is 2. The molecule has 2 aromatic heterocycles. The van der Waals surface area contributed by atoms with Crippen LogP contribution >= 0.6 is 0 Å². The van der Waals surface area contributed by atoms with Crippen LogP contribution in [0.5, 0.6) is 5.75 Å². The highest BCUT2D eigenvalue weighted by atomic mass is 16.6. The lowest BCUT2D eigenvalue weighted by Gasteiger charge is -2.10. The monoisotopic (exact) mass is 269 g/mol. The number of benzene rings is 1. The summed E-state index contributed by atoms with van der Waals surface area (Å²) in [5.41, 5.74) is 2.89. The summed E-state index contributed by atoms with van der Waals surface area (Å²) in [6.07, 6.45) is 1.41. The van der Waals surface area contributed by atoms with Gasteiger partial charge in [0.25, 0.3) is 0 Å². The molecule has 0 aliphatic carbocycles. The molecule has 0 radical (unpaired) electrons. The van der Waals surface area contributed by atoms with E-state index in [0.29, 0.717) is 5.75 Å². The second-order valence-electron chi connectivity index (χ2n) is 4.91. The number of pyridine rings is 1. The molecule has 0 aliphatic rings. The molecule has 0 unspecified atom stereocenters. The molecule has 5 heteroatoms. The number of aryl methyl sites for hydroxylation is 1. The van der Waals surface area contributed by atoms with Crippen LogP contribution in [0.25, 0.3) is 21.8 Å². The molecule has 0 fully saturated rings. The molecule has 3 aromatic rings. The Hall–Kier alpha value is -2.56. The van der Waals surface area contributed by atoms with Crippen LogP contribution in [0.2, 0.25) is 0 Å². The number of nitrogens with one attached hydrogen (secondary N) is 1. The van der Waals surface area contributed by atoms with Gasteiger partial charge in [-0.25, -0.2) is 4.79 Å². The summed E-state index contributed by atoms with van der Waals surface area (Å²) in [5.74, 6) is 0.522. The van der Waals surface area contributed by atoms with Crippen molar-refractivity contribution in [2.45, 2.75) is 6.92 Å². The van der Waals surface area contributed by atoms with Gasteiger partial charge in [0.2, 0.25) is 0 Å². The minimum absolute atomic E-state index is 0.390. The number of carbonyl (C=O) groups excluding carboxylic acids is 1. The molecule has 1 N–H and O–H groups in total. The summed E-state index contributed by atoms with van der Waals surface area (Å²) >= 11 is 0. The molecule has 0 saturated heterocycles. The summed E-state index contributed by atoms with van der Waals surface area (Å²) < 4.78 is 5.26. The fraction of sp³-hybridized carbons (Fsp3) is 0.200. The molecule has 0 atom stereocenters. The van der Waals surface area contributed by atoms with Gasteiger partial charge in [0.15, 0.2) is 0 Å². The van der Waals surface area contributed by atoms with E-state index in [0.717, 1.165) is 27.5 Å². The van der Waals surface area contributed by atoms with Gasteiger partial charge in [-0.2, -0.15) is 0 Å². The van der Waals surface area contributed by atoms with Crippen molar-refractivity contribution in [3.63, 3.8) is 0 Å². The average molecular weight is 269 g/mol. The summed E-state index contributed by atoms with van der Waals surface area (Å²) in [6, 6.07) is 7.56. The van der Waals surface area contributed by atoms with Crippen molar-refractivity contribution in [2.75, 3.05) is 14.1 Å². The molecular weight excluding hydrogens is 254 g/mol. The second-order valence-corrected chi connectivity index (χ2v) is 4.91. The molecule has 1 amide bonds. The third-order valence-corrected chi connectivity index (χ3v) is 3.25. The van der Waals surface area contributed by atoms with Crippen molar-refractivity contribution in [1.29, 1.82) is 0 Å². The second kappa shape index (κ2) is 4.52. The minimum atomic E-state index is -0.390. The molecule has 0 saturated carbocycles. The zero-order chi connectivity index (χ0) is 14.3. The third-order valence-electron chi connectivity index (χ3n) is 3.25. The molecule has 0 aliphatic heterocycles. The molecule has 20 heavy (non-hydrogen) atoms. The Bertz CT molecular complexity index is 805. The van der Waals surface area contributed by atoms with Crippen molar-refractivity contribution >= 4 is 27.9 Å². The first-order valence-corrected chi connectivity index (χ1v) is 6.32. The predicted molar refractivity (Wildman–Crippen MR) is 78.0 cm³/mol. The lowest BCUT2D eigenvalue weighted by molar-refractivity contribution is 0.172. The summed E-state index contributed by atoms with van der Waals surface area (Å²) in [4.78, 5) is 20.5. The smallest absolute Gasteiger partial charge is 0.410 e. The first kappa shape index (κ1) is 12.5. The summed E-state index contributed by atoms with van der Waals surface area (Å²) in [6.45, 7) is 1.96. The van der Waals surface area contributed by atoms with E-state index in [9.17, 15) is 4.79 Å². The Morgan fingerprint density at radius 3 is 2.80 bits per heavy atom. The highest BCUT2D eigenvalue weighted by Gasteiger charge is 2.10. The minimum Gasteiger partial charge on any atom is -0.410 e. The Morgan fingerprint density at radius 2 is 2.05 bits per heavy atom. The molecular formula is C15H15N3O2. The van der Waals surface area contributed by atoms with Crippen LogP contribution in [0.3, 0.4) is 0 Å². The highest BCUT2D eigenvalue weighted by Crippen LogP contribution is 2.29. The van der Waals surface area contributed by atoms with Crippen LogP contribution in [-0.2, 0) is 0 Å². The average Bonchev–Trinajstić information content (AvgIpc) is 2.78. The standard InChI is InChI=1S/C15H15N3O2/c1-9-14-12(6-7-16-9)11-5-4-10(8-13(11)17-14)20-15(19)18(2)3/h4-8,17H,1-3H3. The van der Waals surface area contributed by atoms with Crippen molar-refractivity contribution in [3.05, 3.63) is 36.2 Å². The maximum absolute atomic E-state index is 11.6. The first-order chi connectivity index (χ1) is 9.56. The quantitative estimate of drug-likeness (QED) is 0.738. The van der Waals surface area contributed by atoms with Gasteiger partial charge in [-0.3, -0.25) is 4.98 Å². The Labute approximate surface area is 116 Å². The van der Waals surface area contributed by atoms with E-state index in [2.05, 4.69) is 9.97 Å². The number of hydrogen-bond donors (Lipinski definition) is 1. The van der Waals surface area contributed by atoms with Gasteiger partial charge in [0.05, 0.1) is 16.7 Å².